The van der Waals surface area contributed by atoms with Crippen LogP contribution in [0.15, 0.2) is 48.6 Å². The Morgan fingerprint density at radius 2 is 1.91 bits per heavy atom. The number of rotatable bonds is 3. The average Bonchev–Trinajstić information content (AvgIpc) is 2.54. The Morgan fingerprint density at radius 1 is 1.14 bits per heavy atom. The van der Waals surface area contributed by atoms with Crippen LogP contribution in [-0.4, -0.2) is 22.6 Å². The molecule has 2 aromatic rings. The first-order chi connectivity index (χ1) is 10.7. The Hall–Kier alpha value is -3.01. The van der Waals surface area contributed by atoms with E-state index in [1.54, 1.807) is 18.2 Å². The highest BCUT2D eigenvalue weighted by molar-refractivity contribution is 6.11. The third-order valence-electron chi connectivity index (χ3n) is 3.36. The van der Waals surface area contributed by atoms with E-state index in [1.165, 1.54) is 6.08 Å². The van der Waals surface area contributed by atoms with Gasteiger partial charge < -0.3 is 14.9 Å². The van der Waals surface area contributed by atoms with Gasteiger partial charge in [-0.15, -0.1) is 0 Å². The van der Waals surface area contributed by atoms with Crippen LogP contribution in [0.5, 0.6) is 17.2 Å². The maximum Gasteiger partial charge on any atom is 0.193 e. The molecule has 0 atom stereocenters. The quantitative estimate of drug-likeness (QED) is 0.672. The van der Waals surface area contributed by atoms with E-state index in [2.05, 4.69) is 0 Å². The van der Waals surface area contributed by atoms with Gasteiger partial charge >= 0.3 is 0 Å². The van der Waals surface area contributed by atoms with Crippen molar-refractivity contribution in [3.63, 3.8) is 0 Å². The molecule has 3 rings (SSSR count). The molecule has 2 N–H and O–H groups in total. The summed E-state index contributed by atoms with van der Waals surface area (Å²) in [7, 11) is 0. The number of phenols is 2. The van der Waals surface area contributed by atoms with Gasteiger partial charge in [0.2, 0.25) is 0 Å². The number of ketones is 1. The van der Waals surface area contributed by atoms with E-state index in [0.717, 1.165) is 11.6 Å². The van der Waals surface area contributed by atoms with Gasteiger partial charge in [0.15, 0.2) is 5.78 Å². The summed E-state index contributed by atoms with van der Waals surface area (Å²) >= 11 is 0. The molecule has 0 aromatic heterocycles. The molecule has 1 aliphatic heterocycles. The summed E-state index contributed by atoms with van der Waals surface area (Å²) in [5.41, 5.74) is 1.34. The molecule has 0 fully saturated rings. The maximum atomic E-state index is 12.4. The lowest BCUT2D eigenvalue weighted by molar-refractivity contribution is 0.104. The molecule has 0 saturated carbocycles. The van der Waals surface area contributed by atoms with Gasteiger partial charge in [-0.1, -0.05) is 36.4 Å². The Balaban J connectivity index is 2.00. The standard InChI is InChI=1S/C18H14O4/c19-14(9-8-12-5-2-1-3-6-12)17-16(21)11-15(20)13-7-4-10-22-18(13)17/h1-9,11,20-21H,10H2/b9-8+. The van der Waals surface area contributed by atoms with Gasteiger partial charge in [-0.25, -0.2) is 0 Å². The molecular formula is C18H14O4. The van der Waals surface area contributed by atoms with Gasteiger partial charge in [0.25, 0.3) is 0 Å². The lowest BCUT2D eigenvalue weighted by atomic mass is 10.0. The molecule has 0 amide bonds. The summed E-state index contributed by atoms with van der Waals surface area (Å²) < 4.78 is 5.43. The van der Waals surface area contributed by atoms with Crippen LogP contribution in [0.25, 0.3) is 12.2 Å². The van der Waals surface area contributed by atoms with Crippen molar-refractivity contribution in [2.75, 3.05) is 6.61 Å². The highest BCUT2D eigenvalue weighted by Gasteiger charge is 2.23. The van der Waals surface area contributed by atoms with E-state index < -0.39 is 0 Å². The number of fused-ring (bicyclic) bond motifs is 1. The molecule has 0 saturated heterocycles. The minimum atomic E-state index is -0.382. The smallest absolute Gasteiger partial charge is 0.193 e. The second kappa shape index (κ2) is 5.77. The predicted octanol–water partition coefficient (Wildman–Crippen LogP) is 3.40. The van der Waals surface area contributed by atoms with E-state index in [1.807, 2.05) is 30.3 Å². The first-order valence-electron chi connectivity index (χ1n) is 6.82. The lowest BCUT2D eigenvalue weighted by Gasteiger charge is -2.17. The van der Waals surface area contributed by atoms with Crippen LogP contribution in [-0.2, 0) is 0 Å². The molecule has 2 aromatic carbocycles. The molecular weight excluding hydrogens is 280 g/mol. The van der Waals surface area contributed by atoms with Crippen LogP contribution in [0, 0.1) is 0 Å². The van der Waals surface area contributed by atoms with Gasteiger partial charge in [-0.2, -0.15) is 0 Å². The number of aromatic hydroxyl groups is 2. The van der Waals surface area contributed by atoms with Gasteiger partial charge in [-0.3, -0.25) is 4.79 Å². The predicted molar refractivity (Wildman–Crippen MR) is 84.1 cm³/mol. The minimum absolute atomic E-state index is 0.0596. The van der Waals surface area contributed by atoms with Crippen LogP contribution in [0.3, 0.4) is 0 Å². The number of hydrogen-bond acceptors (Lipinski definition) is 4. The number of phenolic OH excluding ortho intramolecular Hbond substituents is 2. The van der Waals surface area contributed by atoms with Crippen molar-refractivity contribution in [1.82, 2.24) is 0 Å². The van der Waals surface area contributed by atoms with Crippen molar-refractivity contribution in [3.05, 3.63) is 65.2 Å². The number of ether oxygens (including phenoxy) is 1. The average molecular weight is 294 g/mol. The molecule has 1 heterocycles. The van der Waals surface area contributed by atoms with Crippen molar-refractivity contribution in [1.29, 1.82) is 0 Å². The molecule has 110 valence electrons. The molecule has 0 aliphatic carbocycles. The van der Waals surface area contributed by atoms with Crippen molar-refractivity contribution < 1.29 is 19.7 Å². The van der Waals surface area contributed by atoms with E-state index in [0.29, 0.717) is 12.2 Å². The first kappa shape index (κ1) is 13.9. The number of allylic oxidation sites excluding steroid dienone is 1. The zero-order valence-corrected chi connectivity index (χ0v) is 11.7. The van der Waals surface area contributed by atoms with E-state index in [9.17, 15) is 15.0 Å². The first-order valence-corrected chi connectivity index (χ1v) is 6.82. The van der Waals surface area contributed by atoms with E-state index in [-0.39, 0.29) is 28.6 Å². The molecule has 0 unspecified atom stereocenters. The van der Waals surface area contributed by atoms with Crippen molar-refractivity contribution >= 4 is 17.9 Å². The summed E-state index contributed by atoms with van der Waals surface area (Å²) in [6.07, 6.45) is 6.45. The normalized spacial score (nSPS) is 12.9. The Kier molecular flexibility index (Phi) is 3.66. The Bertz CT molecular complexity index is 773. The van der Waals surface area contributed by atoms with Crippen LogP contribution in [0.1, 0.15) is 21.5 Å². The van der Waals surface area contributed by atoms with E-state index >= 15 is 0 Å². The third kappa shape index (κ3) is 2.59. The van der Waals surface area contributed by atoms with Crippen LogP contribution >= 0.6 is 0 Å². The van der Waals surface area contributed by atoms with Crippen LogP contribution in [0.4, 0.5) is 0 Å². The summed E-state index contributed by atoms with van der Waals surface area (Å²) in [6, 6.07) is 10.5. The fourth-order valence-corrected chi connectivity index (χ4v) is 2.31. The highest BCUT2D eigenvalue weighted by atomic mass is 16.5. The zero-order chi connectivity index (χ0) is 15.5. The summed E-state index contributed by atoms with van der Waals surface area (Å²) in [5.74, 6) is -0.586. The molecule has 4 nitrogen and oxygen atoms in total. The summed E-state index contributed by atoms with van der Waals surface area (Å²) in [6.45, 7) is 0.290. The summed E-state index contributed by atoms with van der Waals surface area (Å²) in [4.78, 5) is 12.4. The Labute approximate surface area is 127 Å². The van der Waals surface area contributed by atoms with Gasteiger partial charge in [0.05, 0.1) is 5.56 Å². The van der Waals surface area contributed by atoms with Gasteiger partial charge in [-0.05, 0) is 23.8 Å². The molecule has 1 aliphatic rings. The lowest BCUT2D eigenvalue weighted by Crippen LogP contribution is -2.07. The molecule has 0 spiro atoms. The Morgan fingerprint density at radius 3 is 2.68 bits per heavy atom. The second-order valence-electron chi connectivity index (χ2n) is 4.85. The topological polar surface area (TPSA) is 66.8 Å². The zero-order valence-electron chi connectivity index (χ0n) is 11.7. The summed E-state index contributed by atoms with van der Waals surface area (Å²) in [5, 5.41) is 19.8. The number of hydrogen-bond donors (Lipinski definition) is 2. The molecule has 0 radical (unpaired) electrons. The number of benzene rings is 2. The van der Waals surface area contributed by atoms with Crippen molar-refractivity contribution in [3.8, 4) is 17.2 Å². The number of carbonyl (C=O) groups excluding carboxylic acids is 1. The monoisotopic (exact) mass is 294 g/mol. The highest BCUT2D eigenvalue weighted by Crippen LogP contribution is 2.41. The fraction of sp³-hybridized carbons (Fsp3) is 0.0556. The SMILES string of the molecule is O=C(/C=C/c1ccccc1)c1c(O)cc(O)c2c1OCC=C2. The second-order valence-corrected chi connectivity index (χ2v) is 4.85. The molecule has 22 heavy (non-hydrogen) atoms. The minimum Gasteiger partial charge on any atom is -0.507 e. The fourth-order valence-electron chi connectivity index (χ4n) is 2.31. The van der Waals surface area contributed by atoms with Crippen LogP contribution < -0.4 is 4.74 Å². The molecule has 0 bridgehead atoms. The van der Waals surface area contributed by atoms with Gasteiger partial charge in [0, 0.05) is 6.07 Å². The molecule has 4 heteroatoms. The largest absolute Gasteiger partial charge is 0.507 e. The van der Waals surface area contributed by atoms with E-state index in [4.69, 9.17) is 4.74 Å². The van der Waals surface area contributed by atoms with Gasteiger partial charge in [0.1, 0.15) is 29.4 Å². The third-order valence-corrected chi connectivity index (χ3v) is 3.36. The van der Waals surface area contributed by atoms with Crippen molar-refractivity contribution in [2.45, 2.75) is 0 Å². The number of carbonyl (C=O) groups is 1. The van der Waals surface area contributed by atoms with Crippen LogP contribution in [0.2, 0.25) is 0 Å². The maximum absolute atomic E-state index is 12.4. The van der Waals surface area contributed by atoms with Crippen molar-refractivity contribution in [2.24, 2.45) is 0 Å².